The minimum atomic E-state index is 0.551. The van der Waals surface area contributed by atoms with E-state index in [2.05, 4.69) is 6.92 Å². The van der Waals surface area contributed by atoms with Crippen molar-refractivity contribution in [3.63, 3.8) is 0 Å². The van der Waals surface area contributed by atoms with Crippen LogP contribution in [0.1, 0.15) is 5.56 Å². The van der Waals surface area contributed by atoms with Crippen molar-refractivity contribution in [2.45, 2.75) is 0 Å². The van der Waals surface area contributed by atoms with Crippen LogP contribution in [0.3, 0.4) is 0 Å². The molecule has 0 aliphatic carbocycles. The van der Waals surface area contributed by atoms with Gasteiger partial charge in [-0.05, 0) is 12.5 Å². The molecular formula is C9H9O2. The third-order valence-electron chi connectivity index (χ3n) is 1.50. The maximum Gasteiger partial charge on any atom is 0.0874 e. The summed E-state index contributed by atoms with van der Waals surface area (Å²) in [7, 11) is 0. The first-order valence-corrected chi connectivity index (χ1v) is 3.19. The summed E-state index contributed by atoms with van der Waals surface area (Å²) >= 11 is 0. The fraction of sp³-hybridized carbons (Fsp3) is 0. The first kappa shape index (κ1) is 7.66. The molecule has 0 unspecified atom stereocenters. The molecule has 2 N–H and O–H groups in total. The number of aliphatic hydroxyl groups excluding tert-OH is 2. The Hall–Kier alpha value is -1.44. The van der Waals surface area contributed by atoms with E-state index in [1.54, 1.807) is 18.2 Å². The summed E-state index contributed by atoms with van der Waals surface area (Å²) in [5.41, 5.74) is 0.690. The van der Waals surface area contributed by atoms with Crippen LogP contribution in [-0.4, -0.2) is 10.2 Å². The molecule has 57 valence electrons. The monoisotopic (exact) mass is 149 g/mol. The molecule has 0 saturated carbocycles. The summed E-state index contributed by atoms with van der Waals surface area (Å²) in [6.07, 6.45) is 1.88. The molecule has 0 aliphatic heterocycles. The lowest BCUT2D eigenvalue weighted by atomic mass is 10.1. The van der Waals surface area contributed by atoms with Gasteiger partial charge in [-0.2, -0.15) is 0 Å². The van der Waals surface area contributed by atoms with Crippen molar-refractivity contribution in [2.75, 3.05) is 0 Å². The van der Waals surface area contributed by atoms with Gasteiger partial charge in [0.05, 0.1) is 12.5 Å². The zero-order valence-corrected chi connectivity index (χ0v) is 5.99. The molecule has 0 atom stereocenters. The van der Waals surface area contributed by atoms with Crippen LogP contribution < -0.4 is 10.4 Å². The summed E-state index contributed by atoms with van der Waals surface area (Å²) in [5.74, 6) is 0. The lowest BCUT2D eigenvalue weighted by molar-refractivity contribution is 0.533. The van der Waals surface area contributed by atoms with Gasteiger partial charge in [-0.3, -0.25) is 0 Å². The maximum absolute atomic E-state index is 8.73. The molecule has 1 aromatic rings. The molecule has 2 heteroatoms. The number of rotatable bonds is 0. The first-order chi connectivity index (χ1) is 5.29. The van der Waals surface area contributed by atoms with Crippen LogP contribution in [0.5, 0.6) is 0 Å². The Morgan fingerprint density at radius 2 is 1.91 bits per heavy atom. The van der Waals surface area contributed by atoms with E-state index in [1.165, 1.54) is 0 Å². The van der Waals surface area contributed by atoms with Gasteiger partial charge in [0.2, 0.25) is 0 Å². The number of hydrogen-bond acceptors (Lipinski definition) is 2. The summed E-state index contributed by atoms with van der Waals surface area (Å²) < 4.78 is 0. The quantitative estimate of drug-likeness (QED) is 0.562. The standard InChI is InChI=1S/C9H9O2/c1-7-3-2-4-8(5-10)9(7)6-11/h2-6,10-11H,1H2. The van der Waals surface area contributed by atoms with Crippen molar-refractivity contribution in [3.8, 4) is 0 Å². The zero-order valence-electron chi connectivity index (χ0n) is 5.99. The zero-order chi connectivity index (χ0) is 8.27. The van der Waals surface area contributed by atoms with Crippen molar-refractivity contribution >= 4 is 12.5 Å². The van der Waals surface area contributed by atoms with Crippen molar-refractivity contribution in [1.82, 2.24) is 0 Å². The topological polar surface area (TPSA) is 40.5 Å². The highest BCUT2D eigenvalue weighted by Gasteiger charge is 1.88. The average Bonchev–Trinajstić information content (AvgIpc) is 2.04. The van der Waals surface area contributed by atoms with Crippen LogP contribution in [0.4, 0.5) is 0 Å². The van der Waals surface area contributed by atoms with Crippen LogP contribution in [-0.2, 0) is 0 Å². The predicted octanol–water partition coefficient (Wildman–Crippen LogP) is 0.461. The summed E-state index contributed by atoms with van der Waals surface area (Å²) in [6, 6.07) is 5.21. The molecule has 0 saturated heterocycles. The molecule has 0 heterocycles. The van der Waals surface area contributed by atoms with E-state index in [0.29, 0.717) is 16.0 Å². The lowest BCUT2D eigenvalue weighted by Crippen LogP contribution is -2.26. The van der Waals surface area contributed by atoms with Crippen LogP contribution in [0.15, 0.2) is 18.2 Å². The normalized spacial score (nSPS) is 13.9. The minimum Gasteiger partial charge on any atom is -0.515 e. The molecule has 0 aromatic heterocycles. The Morgan fingerprint density at radius 3 is 2.36 bits per heavy atom. The molecule has 0 spiro atoms. The van der Waals surface area contributed by atoms with Gasteiger partial charge in [0.25, 0.3) is 0 Å². The van der Waals surface area contributed by atoms with Gasteiger partial charge in [-0.1, -0.05) is 18.2 Å². The third-order valence-corrected chi connectivity index (χ3v) is 1.50. The Morgan fingerprint density at radius 1 is 1.18 bits per heavy atom. The van der Waals surface area contributed by atoms with Gasteiger partial charge in [-0.15, -0.1) is 0 Å². The number of benzene rings is 1. The van der Waals surface area contributed by atoms with Crippen LogP contribution in [0, 0.1) is 6.92 Å². The highest BCUT2D eigenvalue weighted by atomic mass is 16.2. The lowest BCUT2D eigenvalue weighted by Gasteiger charge is -1.92. The molecule has 1 radical (unpaired) electrons. The SMILES string of the molecule is [CH2]c1cccc(=CO)c1=CO. The molecule has 0 fully saturated rings. The van der Waals surface area contributed by atoms with Gasteiger partial charge in [-0.25, -0.2) is 0 Å². The molecule has 1 rings (SSSR count). The fourth-order valence-corrected chi connectivity index (χ4v) is 0.903. The van der Waals surface area contributed by atoms with E-state index < -0.39 is 0 Å². The third kappa shape index (κ3) is 1.34. The summed E-state index contributed by atoms with van der Waals surface area (Å²) in [4.78, 5) is 0. The van der Waals surface area contributed by atoms with E-state index >= 15 is 0 Å². The summed E-state index contributed by atoms with van der Waals surface area (Å²) in [5, 5.41) is 18.5. The van der Waals surface area contributed by atoms with E-state index in [4.69, 9.17) is 10.2 Å². The smallest absolute Gasteiger partial charge is 0.0874 e. The van der Waals surface area contributed by atoms with E-state index in [0.717, 1.165) is 12.5 Å². The van der Waals surface area contributed by atoms with Crippen LogP contribution >= 0.6 is 0 Å². The minimum absolute atomic E-state index is 0.551. The first-order valence-electron chi connectivity index (χ1n) is 3.19. The Bertz CT molecular complexity index is 352. The van der Waals surface area contributed by atoms with Gasteiger partial charge >= 0.3 is 0 Å². The van der Waals surface area contributed by atoms with E-state index in [-0.39, 0.29) is 0 Å². The van der Waals surface area contributed by atoms with Crippen LogP contribution in [0.25, 0.3) is 12.5 Å². The summed E-state index contributed by atoms with van der Waals surface area (Å²) in [6.45, 7) is 3.68. The van der Waals surface area contributed by atoms with E-state index in [1.807, 2.05) is 0 Å². The van der Waals surface area contributed by atoms with Crippen molar-refractivity contribution in [1.29, 1.82) is 0 Å². The molecule has 1 aromatic carbocycles. The molecule has 0 bridgehead atoms. The van der Waals surface area contributed by atoms with Gasteiger partial charge in [0.1, 0.15) is 0 Å². The van der Waals surface area contributed by atoms with E-state index in [9.17, 15) is 0 Å². The second-order valence-electron chi connectivity index (χ2n) is 2.18. The molecule has 0 amide bonds. The van der Waals surface area contributed by atoms with Gasteiger partial charge in [0.15, 0.2) is 0 Å². The number of hydrogen-bond donors (Lipinski definition) is 2. The second-order valence-corrected chi connectivity index (χ2v) is 2.18. The van der Waals surface area contributed by atoms with Gasteiger partial charge in [0, 0.05) is 10.4 Å². The molecule has 2 nitrogen and oxygen atoms in total. The maximum atomic E-state index is 8.73. The Balaban J connectivity index is 3.65. The van der Waals surface area contributed by atoms with Crippen molar-refractivity contribution in [2.24, 2.45) is 0 Å². The molecule has 0 aliphatic rings. The predicted molar refractivity (Wildman–Crippen MR) is 44.3 cm³/mol. The fourth-order valence-electron chi connectivity index (χ4n) is 0.903. The molecular weight excluding hydrogens is 140 g/mol. The van der Waals surface area contributed by atoms with Gasteiger partial charge < -0.3 is 10.2 Å². The second kappa shape index (κ2) is 3.10. The van der Waals surface area contributed by atoms with Crippen molar-refractivity contribution in [3.05, 3.63) is 41.1 Å². The van der Waals surface area contributed by atoms with Crippen LogP contribution in [0.2, 0.25) is 0 Å². The largest absolute Gasteiger partial charge is 0.515 e. The Labute approximate surface area is 64.7 Å². The highest BCUT2D eigenvalue weighted by Crippen LogP contribution is 1.82. The molecule has 11 heavy (non-hydrogen) atoms. The highest BCUT2D eigenvalue weighted by molar-refractivity contribution is 5.31. The Kier molecular flexibility index (Phi) is 2.16. The average molecular weight is 149 g/mol. The number of aliphatic hydroxyl groups is 2. The van der Waals surface area contributed by atoms with Crippen molar-refractivity contribution < 1.29 is 10.2 Å².